The van der Waals surface area contributed by atoms with Crippen molar-refractivity contribution >= 4 is 0 Å². The minimum Gasteiger partial charge on any atom is -0.393 e. The number of nitrogens with zero attached hydrogens (tertiary/aromatic N) is 2. The van der Waals surface area contributed by atoms with Gasteiger partial charge in [0.15, 0.2) is 5.82 Å². The van der Waals surface area contributed by atoms with E-state index in [0.717, 1.165) is 11.7 Å². The molecule has 4 heteroatoms. The highest BCUT2D eigenvalue weighted by Crippen LogP contribution is 2.38. The molecule has 0 saturated heterocycles. The van der Waals surface area contributed by atoms with Gasteiger partial charge in [-0.2, -0.15) is 4.98 Å². The van der Waals surface area contributed by atoms with Crippen LogP contribution in [-0.2, 0) is 6.42 Å². The van der Waals surface area contributed by atoms with Gasteiger partial charge in [0.05, 0.1) is 6.10 Å². The lowest BCUT2D eigenvalue weighted by molar-refractivity contribution is 0.180. The number of rotatable bonds is 5. The highest BCUT2D eigenvalue weighted by atomic mass is 16.5. The van der Waals surface area contributed by atoms with Crippen LogP contribution in [0.3, 0.4) is 0 Å². The molecule has 0 spiro atoms. The topological polar surface area (TPSA) is 59.2 Å². The van der Waals surface area contributed by atoms with E-state index in [1.807, 2.05) is 0 Å². The summed E-state index contributed by atoms with van der Waals surface area (Å²) in [4.78, 5) is 4.44. The Morgan fingerprint density at radius 3 is 2.94 bits per heavy atom. The number of aliphatic hydroxyl groups excluding tert-OH is 1. The number of hydrogen-bond donors (Lipinski definition) is 1. The zero-order valence-corrected chi connectivity index (χ0v) is 10.7. The Morgan fingerprint density at radius 1 is 1.47 bits per heavy atom. The summed E-state index contributed by atoms with van der Waals surface area (Å²) in [6, 6.07) is 0. The first-order chi connectivity index (χ1) is 8.19. The maximum Gasteiger partial charge on any atom is 0.226 e. The van der Waals surface area contributed by atoms with Crippen molar-refractivity contribution in [3.8, 4) is 0 Å². The van der Waals surface area contributed by atoms with Crippen molar-refractivity contribution in [1.82, 2.24) is 10.1 Å². The van der Waals surface area contributed by atoms with Gasteiger partial charge in [-0.3, -0.25) is 0 Å². The standard InChI is InChI=1S/C13H22N2O2/c1-3-10-5-6-11(8-10)13-14-12(17-15-13)7-4-9(2)16/h9-11,16H,3-8H2,1-2H3. The van der Waals surface area contributed by atoms with Gasteiger partial charge in [0.25, 0.3) is 0 Å². The molecule has 3 atom stereocenters. The Kier molecular flexibility index (Phi) is 4.15. The highest BCUT2D eigenvalue weighted by molar-refractivity contribution is 4.99. The first kappa shape index (κ1) is 12.6. The molecule has 0 aliphatic heterocycles. The molecule has 2 rings (SSSR count). The van der Waals surface area contributed by atoms with Crippen molar-refractivity contribution in [1.29, 1.82) is 0 Å². The van der Waals surface area contributed by atoms with Crippen LogP contribution >= 0.6 is 0 Å². The summed E-state index contributed by atoms with van der Waals surface area (Å²) in [7, 11) is 0. The van der Waals surface area contributed by atoms with Gasteiger partial charge in [-0.25, -0.2) is 0 Å². The van der Waals surface area contributed by atoms with Crippen LogP contribution in [0.25, 0.3) is 0 Å². The minimum absolute atomic E-state index is 0.304. The lowest BCUT2D eigenvalue weighted by atomic mass is 10.0. The van der Waals surface area contributed by atoms with Crippen molar-refractivity contribution in [3.05, 3.63) is 11.7 Å². The van der Waals surface area contributed by atoms with Gasteiger partial charge in [-0.1, -0.05) is 18.5 Å². The monoisotopic (exact) mass is 238 g/mol. The van der Waals surface area contributed by atoms with E-state index >= 15 is 0 Å². The predicted molar refractivity (Wildman–Crippen MR) is 64.7 cm³/mol. The molecule has 1 saturated carbocycles. The fraction of sp³-hybridized carbons (Fsp3) is 0.846. The maximum absolute atomic E-state index is 9.21. The number of aromatic nitrogens is 2. The molecule has 4 nitrogen and oxygen atoms in total. The van der Waals surface area contributed by atoms with Gasteiger partial charge in [-0.15, -0.1) is 0 Å². The van der Waals surface area contributed by atoms with Crippen molar-refractivity contribution in [2.75, 3.05) is 0 Å². The molecule has 96 valence electrons. The van der Waals surface area contributed by atoms with Gasteiger partial charge >= 0.3 is 0 Å². The molecule has 1 aromatic rings. The Hall–Kier alpha value is -0.900. The molecular weight excluding hydrogens is 216 g/mol. The summed E-state index contributed by atoms with van der Waals surface area (Å²) in [5, 5.41) is 13.3. The van der Waals surface area contributed by atoms with Gasteiger partial charge in [0, 0.05) is 12.3 Å². The second kappa shape index (κ2) is 5.63. The quantitative estimate of drug-likeness (QED) is 0.856. The Labute approximate surface area is 102 Å². The molecule has 1 aromatic heterocycles. The summed E-state index contributed by atoms with van der Waals surface area (Å²) in [6.45, 7) is 4.03. The maximum atomic E-state index is 9.21. The molecule has 17 heavy (non-hydrogen) atoms. The average Bonchev–Trinajstić information content (AvgIpc) is 2.94. The molecule has 1 fully saturated rings. The van der Waals surface area contributed by atoms with E-state index in [2.05, 4.69) is 17.1 Å². The Balaban J connectivity index is 1.90. The fourth-order valence-electron chi connectivity index (χ4n) is 2.55. The summed E-state index contributed by atoms with van der Waals surface area (Å²) in [5.74, 6) is 2.87. The second-order valence-electron chi connectivity index (χ2n) is 5.22. The van der Waals surface area contributed by atoms with Crippen molar-refractivity contribution in [3.63, 3.8) is 0 Å². The Bertz CT molecular complexity index is 349. The van der Waals surface area contributed by atoms with E-state index in [1.165, 1.54) is 25.7 Å². The van der Waals surface area contributed by atoms with Crippen LogP contribution in [0.2, 0.25) is 0 Å². The van der Waals surface area contributed by atoms with Crippen LogP contribution in [0.4, 0.5) is 0 Å². The number of hydrogen-bond acceptors (Lipinski definition) is 4. The molecule has 1 heterocycles. The first-order valence-electron chi connectivity index (χ1n) is 6.69. The van der Waals surface area contributed by atoms with Gasteiger partial charge in [-0.05, 0) is 38.5 Å². The zero-order chi connectivity index (χ0) is 12.3. The van der Waals surface area contributed by atoms with Crippen LogP contribution in [0.1, 0.15) is 63.6 Å². The largest absolute Gasteiger partial charge is 0.393 e. The number of aliphatic hydroxyl groups is 1. The predicted octanol–water partition coefficient (Wildman–Crippen LogP) is 2.68. The molecule has 0 bridgehead atoms. The minimum atomic E-state index is -0.304. The van der Waals surface area contributed by atoms with Crippen LogP contribution in [0, 0.1) is 5.92 Å². The molecule has 1 aliphatic carbocycles. The number of aryl methyl sites for hydroxylation is 1. The van der Waals surface area contributed by atoms with Crippen molar-refractivity contribution in [2.24, 2.45) is 5.92 Å². The third kappa shape index (κ3) is 3.28. The van der Waals surface area contributed by atoms with Crippen LogP contribution in [0.5, 0.6) is 0 Å². The highest BCUT2D eigenvalue weighted by Gasteiger charge is 2.28. The molecular formula is C13H22N2O2. The third-order valence-corrected chi connectivity index (χ3v) is 3.74. The second-order valence-corrected chi connectivity index (χ2v) is 5.22. The lowest BCUT2D eigenvalue weighted by Gasteiger charge is -2.04. The van der Waals surface area contributed by atoms with E-state index in [9.17, 15) is 5.11 Å². The lowest BCUT2D eigenvalue weighted by Crippen LogP contribution is -2.02. The molecule has 0 radical (unpaired) electrons. The van der Waals surface area contributed by atoms with Gasteiger partial charge < -0.3 is 9.63 Å². The smallest absolute Gasteiger partial charge is 0.226 e. The normalized spacial score (nSPS) is 26.3. The summed E-state index contributed by atoms with van der Waals surface area (Å²) in [5.41, 5.74) is 0. The first-order valence-corrected chi connectivity index (χ1v) is 6.69. The zero-order valence-electron chi connectivity index (χ0n) is 10.7. The molecule has 3 unspecified atom stereocenters. The van der Waals surface area contributed by atoms with E-state index < -0.39 is 0 Å². The Morgan fingerprint density at radius 2 is 2.29 bits per heavy atom. The third-order valence-electron chi connectivity index (χ3n) is 3.74. The van der Waals surface area contributed by atoms with Gasteiger partial charge in [0.1, 0.15) is 0 Å². The van der Waals surface area contributed by atoms with Crippen LogP contribution in [-0.4, -0.2) is 21.4 Å². The molecule has 0 aromatic carbocycles. The van der Waals surface area contributed by atoms with Gasteiger partial charge in [0.2, 0.25) is 5.89 Å². The van der Waals surface area contributed by atoms with Crippen LogP contribution < -0.4 is 0 Å². The van der Waals surface area contributed by atoms with E-state index in [1.54, 1.807) is 6.92 Å². The van der Waals surface area contributed by atoms with E-state index in [4.69, 9.17) is 4.52 Å². The molecule has 1 N–H and O–H groups in total. The fourth-order valence-corrected chi connectivity index (χ4v) is 2.55. The van der Waals surface area contributed by atoms with E-state index in [0.29, 0.717) is 24.7 Å². The molecule has 1 aliphatic rings. The molecule has 0 amide bonds. The van der Waals surface area contributed by atoms with E-state index in [-0.39, 0.29) is 6.10 Å². The van der Waals surface area contributed by atoms with Crippen molar-refractivity contribution < 1.29 is 9.63 Å². The van der Waals surface area contributed by atoms with Crippen molar-refractivity contribution in [2.45, 2.75) is 64.4 Å². The average molecular weight is 238 g/mol. The summed E-state index contributed by atoms with van der Waals surface area (Å²) < 4.78 is 5.22. The summed E-state index contributed by atoms with van der Waals surface area (Å²) >= 11 is 0. The summed E-state index contributed by atoms with van der Waals surface area (Å²) in [6.07, 6.45) is 5.99. The SMILES string of the molecule is CCC1CCC(c2noc(CCC(C)O)n2)C1. The van der Waals surface area contributed by atoms with Crippen LogP contribution in [0.15, 0.2) is 4.52 Å².